The average molecular weight is 328 g/mol. The summed E-state index contributed by atoms with van der Waals surface area (Å²) in [4.78, 5) is 12.9. The molecule has 24 heavy (non-hydrogen) atoms. The number of para-hydroxylation sites is 1. The Balaban J connectivity index is 1.75. The van der Waals surface area contributed by atoms with E-state index >= 15 is 0 Å². The lowest BCUT2D eigenvalue weighted by Gasteiger charge is -2.24. The van der Waals surface area contributed by atoms with Crippen LogP contribution in [0.5, 0.6) is 0 Å². The molecule has 2 aliphatic heterocycles. The van der Waals surface area contributed by atoms with Gasteiger partial charge in [0.2, 0.25) is 0 Å². The van der Waals surface area contributed by atoms with Crippen molar-refractivity contribution >= 4 is 11.0 Å². The highest BCUT2D eigenvalue weighted by molar-refractivity contribution is 5.80. The van der Waals surface area contributed by atoms with Gasteiger partial charge >= 0.3 is 5.69 Å². The van der Waals surface area contributed by atoms with Crippen LogP contribution in [0.15, 0.2) is 23.0 Å². The average Bonchev–Trinajstić information content (AvgIpc) is 2.88. The summed E-state index contributed by atoms with van der Waals surface area (Å²) in [6.07, 6.45) is 5.78. The molecule has 0 radical (unpaired) electrons. The molecule has 5 nitrogen and oxygen atoms in total. The maximum Gasteiger partial charge on any atom is 0.329 e. The van der Waals surface area contributed by atoms with Crippen molar-refractivity contribution in [3.05, 3.63) is 34.2 Å². The van der Waals surface area contributed by atoms with E-state index in [0.717, 1.165) is 62.4 Å². The van der Waals surface area contributed by atoms with Crippen LogP contribution in [0.25, 0.3) is 11.0 Å². The first-order valence-corrected chi connectivity index (χ1v) is 9.36. The first-order chi connectivity index (χ1) is 11.8. The summed E-state index contributed by atoms with van der Waals surface area (Å²) in [5, 5.41) is 6.88. The fourth-order valence-electron chi connectivity index (χ4n) is 4.49. The summed E-state index contributed by atoms with van der Waals surface area (Å²) in [5.74, 6) is 0.728. The monoisotopic (exact) mass is 328 g/mol. The molecule has 1 atom stereocenters. The summed E-state index contributed by atoms with van der Waals surface area (Å²) >= 11 is 0. The normalized spacial score (nSPS) is 23.0. The number of nitrogens with zero attached hydrogens (tertiary/aromatic N) is 2. The molecule has 1 aromatic carbocycles. The molecule has 0 amide bonds. The number of imidazole rings is 1. The highest BCUT2D eigenvalue weighted by Gasteiger charge is 2.23. The van der Waals surface area contributed by atoms with Gasteiger partial charge in [-0.05, 0) is 69.3 Å². The van der Waals surface area contributed by atoms with Gasteiger partial charge in [0.15, 0.2) is 0 Å². The van der Waals surface area contributed by atoms with Gasteiger partial charge in [-0.15, -0.1) is 0 Å². The van der Waals surface area contributed by atoms with Crippen LogP contribution in [0, 0.1) is 5.92 Å². The second-order valence-corrected chi connectivity index (χ2v) is 7.39. The third-order valence-corrected chi connectivity index (χ3v) is 5.79. The van der Waals surface area contributed by atoms with Gasteiger partial charge < -0.3 is 10.6 Å². The number of nitrogens with one attached hydrogen (secondary N) is 2. The van der Waals surface area contributed by atoms with Crippen molar-refractivity contribution < 1.29 is 0 Å². The van der Waals surface area contributed by atoms with Crippen LogP contribution in [0.2, 0.25) is 0 Å². The summed E-state index contributed by atoms with van der Waals surface area (Å²) in [5.41, 5.74) is 3.73. The van der Waals surface area contributed by atoms with Crippen molar-refractivity contribution in [3.8, 4) is 0 Å². The van der Waals surface area contributed by atoms with E-state index in [0.29, 0.717) is 0 Å². The molecule has 0 spiro atoms. The topological polar surface area (TPSA) is 51.0 Å². The molecule has 2 saturated heterocycles. The molecule has 4 rings (SSSR count). The van der Waals surface area contributed by atoms with Crippen LogP contribution in [-0.2, 0) is 13.5 Å². The van der Waals surface area contributed by atoms with E-state index in [2.05, 4.69) is 28.8 Å². The van der Waals surface area contributed by atoms with Crippen LogP contribution >= 0.6 is 0 Å². The Morgan fingerprint density at radius 3 is 2.71 bits per heavy atom. The zero-order valence-corrected chi connectivity index (χ0v) is 14.6. The van der Waals surface area contributed by atoms with Gasteiger partial charge in [-0.3, -0.25) is 9.13 Å². The SMILES string of the molecule is Cn1c(=O)n(C2CCCNC2)c2cccc(CC3CCNCC3)c21. The molecule has 2 fully saturated rings. The van der Waals surface area contributed by atoms with E-state index in [1.54, 1.807) is 0 Å². The Labute approximate surface area is 143 Å². The predicted molar refractivity (Wildman–Crippen MR) is 97.6 cm³/mol. The lowest BCUT2D eigenvalue weighted by atomic mass is 9.90. The van der Waals surface area contributed by atoms with Crippen molar-refractivity contribution in [2.45, 2.75) is 38.1 Å². The number of fused-ring (bicyclic) bond motifs is 1. The van der Waals surface area contributed by atoms with E-state index in [-0.39, 0.29) is 11.7 Å². The number of hydrogen-bond donors (Lipinski definition) is 2. The number of aromatic nitrogens is 2. The quantitative estimate of drug-likeness (QED) is 0.903. The van der Waals surface area contributed by atoms with Crippen LogP contribution < -0.4 is 16.3 Å². The fourth-order valence-corrected chi connectivity index (χ4v) is 4.49. The molecule has 5 heteroatoms. The Kier molecular flexibility index (Phi) is 4.46. The van der Waals surface area contributed by atoms with Gasteiger partial charge in [0.25, 0.3) is 0 Å². The molecular weight excluding hydrogens is 300 g/mol. The van der Waals surface area contributed by atoms with Gasteiger partial charge in [-0.1, -0.05) is 12.1 Å². The van der Waals surface area contributed by atoms with Gasteiger partial charge in [0.05, 0.1) is 17.1 Å². The Morgan fingerprint density at radius 2 is 1.96 bits per heavy atom. The second kappa shape index (κ2) is 6.73. The van der Waals surface area contributed by atoms with Gasteiger partial charge in [0.1, 0.15) is 0 Å². The molecule has 1 unspecified atom stereocenters. The number of hydrogen-bond acceptors (Lipinski definition) is 3. The van der Waals surface area contributed by atoms with Gasteiger partial charge in [0, 0.05) is 13.6 Å². The minimum Gasteiger partial charge on any atom is -0.317 e. The van der Waals surface area contributed by atoms with E-state index in [9.17, 15) is 4.79 Å². The number of aryl methyl sites for hydroxylation is 1. The molecule has 3 heterocycles. The molecule has 2 aliphatic rings. The molecule has 0 bridgehead atoms. The van der Waals surface area contributed by atoms with Crippen molar-refractivity contribution in [1.82, 2.24) is 19.8 Å². The summed E-state index contributed by atoms with van der Waals surface area (Å²) in [6.45, 7) is 4.21. The lowest BCUT2D eigenvalue weighted by molar-refractivity contribution is 0.369. The molecule has 0 aliphatic carbocycles. The molecule has 2 N–H and O–H groups in total. The Hall–Kier alpha value is -1.59. The highest BCUT2D eigenvalue weighted by atomic mass is 16.1. The number of benzene rings is 1. The van der Waals surface area contributed by atoms with Crippen LogP contribution in [0.1, 0.15) is 37.3 Å². The summed E-state index contributed by atoms with van der Waals surface area (Å²) in [7, 11) is 1.93. The van der Waals surface area contributed by atoms with Crippen LogP contribution in [-0.4, -0.2) is 35.3 Å². The van der Waals surface area contributed by atoms with Gasteiger partial charge in [-0.2, -0.15) is 0 Å². The second-order valence-electron chi connectivity index (χ2n) is 7.39. The van der Waals surface area contributed by atoms with Crippen molar-refractivity contribution in [3.63, 3.8) is 0 Å². The van der Waals surface area contributed by atoms with Crippen LogP contribution in [0.3, 0.4) is 0 Å². The van der Waals surface area contributed by atoms with E-state index in [1.165, 1.54) is 18.4 Å². The van der Waals surface area contributed by atoms with Crippen LogP contribution in [0.4, 0.5) is 0 Å². The lowest BCUT2D eigenvalue weighted by Crippen LogP contribution is -2.36. The predicted octanol–water partition coefficient (Wildman–Crippen LogP) is 1.81. The maximum absolute atomic E-state index is 12.9. The van der Waals surface area contributed by atoms with E-state index in [1.807, 2.05) is 16.2 Å². The maximum atomic E-state index is 12.9. The zero-order chi connectivity index (χ0) is 16.5. The van der Waals surface area contributed by atoms with Crippen molar-refractivity contribution in [1.29, 1.82) is 0 Å². The van der Waals surface area contributed by atoms with Crippen molar-refractivity contribution in [2.75, 3.05) is 26.2 Å². The van der Waals surface area contributed by atoms with Crippen molar-refractivity contribution in [2.24, 2.45) is 13.0 Å². The minimum absolute atomic E-state index is 0.136. The third kappa shape index (κ3) is 2.80. The minimum atomic E-state index is 0.136. The van der Waals surface area contributed by atoms with E-state index in [4.69, 9.17) is 0 Å². The fraction of sp³-hybridized carbons (Fsp3) is 0.632. The molecule has 2 aromatic rings. The largest absolute Gasteiger partial charge is 0.329 e. The number of piperidine rings is 2. The Morgan fingerprint density at radius 1 is 1.12 bits per heavy atom. The third-order valence-electron chi connectivity index (χ3n) is 5.79. The van der Waals surface area contributed by atoms with Gasteiger partial charge in [-0.25, -0.2) is 4.79 Å². The zero-order valence-electron chi connectivity index (χ0n) is 14.6. The summed E-state index contributed by atoms with van der Waals surface area (Å²) in [6, 6.07) is 6.75. The number of rotatable bonds is 3. The first-order valence-electron chi connectivity index (χ1n) is 9.36. The summed E-state index contributed by atoms with van der Waals surface area (Å²) < 4.78 is 3.91. The van der Waals surface area contributed by atoms with E-state index < -0.39 is 0 Å². The first kappa shape index (κ1) is 15.9. The molecule has 0 saturated carbocycles. The molecule has 130 valence electrons. The molecular formula is C19H28N4O. The Bertz CT molecular complexity index is 764. The smallest absolute Gasteiger partial charge is 0.317 e. The molecule has 1 aromatic heterocycles. The standard InChI is InChI=1S/C19H28N4O/c1-22-18-15(12-14-7-10-20-11-8-14)4-2-6-17(18)23(19(22)24)16-5-3-9-21-13-16/h2,4,6,14,16,20-21H,3,5,7-13H2,1H3. The highest BCUT2D eigenvalue weighted by Crippen LogP contribution is 2.27.